The summed E-state index contributed by atoms with van der Waals surface area (Å²) in [5.41, 5.74) is -0.424. The van der Waals surface area contributed by atoms with Gasteiger partial charge in [-0.2, -0.15) is 5.10 Å². The number of halogens is 1. The van der Waals surface area contributed by atoms with Gasteiger partial charge in [0.1, 0.15) is 6.61 Å². The lowest BCUT2D eigenvalue weighted by molar-refractivity contribution is -0.126. The zero-order valence-corrected chi connectivity index (χ0v) is 18.0. The summed E-state index contributed by atoms with van der Waals surface area (Å²) in [6.45, 7) is 1.42. The van der Waals surface area contributed by atoms with E-state index < -0.39 is 35.6 Å². The Morgan fingerprint density at radius 1 is 1.21 bits per heavy atom. The molecule has 1 saturated heterocycles. The first-order valence-corrected chi connectivity index (χ1v) is 10.3. The van der Waals surface area contributed by atoms with Crippen molar-refractivity contribution in [1.82, 2.24) is 30.3 Å². The molecule has 34 heavy (non-hydrogen) atoms. The lowest BCUT2D eigenvalue weighted by Crippen LogP contribution is -2.54. The number of benzene rings is 1. The van der Waals surface area contributed by atoms with Crippen LogP contribution in [0.15, 0.2) is 61.1 Å². The number of rotatable bonds is 7. The fourth-order valence-electron chi connectivity index (χ4n) is 3.33. The molecule has 2 atom stereocenters. The van der Waals surface area contributed by atoms with E-state index in [9.17, 15) is 23.9 Å². The number of hydrogen-bond acceptors (Lipinski definition) is 6. The number of alkyl carbamates (subject to hydrolysis) is 1. The number of aromatic nitrogens is 3. The second kappa shape index (κ2) is 9.17. The highest BCUT2D eigenvalue weighted by Gasteiger charge is 2.63. The highest BCUT2D eigenvalue weighted by atomic mass is 19.1. The largest absolute Gasteiger partial charge is 0.465 e. The number of nitrogens with zero attached hydrogens (tertiary/aromatic N) is 4. The molecule has 0 bridgehead atoms. The molecule has 3 heterocycles. The Kier molecular flexibility index (Phi) is 6.13. The van der Waals surface area contributed by atoms with Crippen molar-refractivity contribution in [2.75, 3.05) is 6.54 Å². The van der Waals surface area contributed by atoms with Gasteiger partial charge < -0.3 is 15.2 Å². The van der Waals surface area contributed by atoms with Crippen LogP contribution in [0, 0.1) is 5.82 Å². The minimum absolute atomic E-state index is 0.0357. The van der Waals surface area contributed by atoms with Crippen molar-refractivity contribution in [2.24, 2.45) is 0 Å². The van der Waals surface area contributed by atoms with Crippen molar-refractivity contribution in [3.05, 3.63) is 78.0 Å². The first-order valence-electron chi connectivity index (χ1n) is 10.3. The van der Waals surface area contributed by atoms with Crippen LogP contribution >= 0.6 is 0 Å². The highest BCUT2D eigenvalue weighted by Crippen LogP contribution is 2.31. The molecule has 12 heteroatoms. The number of carbonyl (C=O) groups is 3. The van der Waals surface area contributed by atoms with Crippen LogP contribution in [0.5, 0.6) is 0 Å². The van der Waals surface area contributed by atoms with Gasteiger partial charge in [0.2, 0.25) is 5.66 Å². The van der Waals surface area contributed by atoms with Gasteiger partial charge in [0.05, 0.1) is 25.0 Å². The molecule has 1 aromatic carbocycles. The maximum absolute atomic E-state index is 13.2. The van der Waals surface area contributed by atoms with Gasteiger partial charge in [-0.25, -0.2) is 23.6 Å². The van der Waals surface area contributed by atoms with E-state index in [0.29, 0.717) is 11.4 Å². The molecule has 1 unspecified atom stereocenters. The Morgan fingerprint density at radius 3 is 2.56 bits per heavy atom. The molecule has 0 aliphatic carbocycles. The Morgan fingerprint density at radius 2 is 1.97 bits per heavy atom. The van der Waals surface area contributed by atoms with Gasteiger partial charge in [0.15, 0.2) is 11.6 Å². The Labute approximate surface area is 193 Å². The van der Waals surface area contributed by atoms with Crippen LogP contribution in [0.4, 0.5) is 14.0 Å². The van der Waals surface area contributed by atoms with E-state index in [0.717, 1.165) is 16.7 Å². The molecule has 176 valence electrons. The van der Waals surface area contributed by atoms with E-state index in [1.807, 2.05) is 6.07 Å². The molecule has 3 aromatic rings. The molecule has 3 amide bonds. The standard InChI is InChI=1S/C22H21FN6O5/c1-14(16-7-8-18(24-9-16)29-11-17(23)10-25-29)26-19(30)22(13-28(22)21(32)33)27-20(31)34-12-15-5-3-2-4-6-15/h2-11,14H,12-13H2,1H3,(H,26,30)(H,27,31)(H,32,33)/t14?,22-,28?/m0/s1. The summed E-state index contributed by atoms with van der Waals surface area (Å²) in [6.07, 6.45) is 1.43. The number of hydrogen-bond donors (Lipinski definition) is 3. The van der Waals surface area contributed by atoms with Crippen LogP contribution in [0.1, 0.15) is 24.1 Å². The molecule has 3 N–H and O–H groups in total. The third kappa shape index (κ3) is 4.80. The van der Waals surface area contributed by atoms with Gasteiger partial charge in [0.25, 0.3) is 5.91 Å². The number of ether oxygens (including phenoxy) is 1. The normalized spacial score (nSPS) is 17.5. The molecule has 1 fully saturated rings. The van der Waals surface area contributed by atoms with E-state index in [1.165, 1.54) is 17.1 Å². The van der Waals surface area contributed by atoms with Crippen LogP contribution in [0.2, 0.25) is 0 Å². The fraction of sp³-hybridized carbons (Fsp3) is 0.227. The first-order chi connectivity index (χ1) is 16.3. The quantitative estimate of drug-likeness (QED) is 0.452. The topological polar surface area (TPSA) is 138 Å². The summed E-state index contributed by atoms with van der Waals surface area (Å²) in [7, 11) is 0. The van der Waals surface area contributed by atoms with Crippen molar-refractivity contribution >= 4 is 18.1 Å². The number of pyridine rings is 1. The van der Waals surface area contributed by atoms with Gasteiger partial charge in [0, 0.05) is 6.20 Å². The molecule has 0 radical (unpaired) electrons. The molecule has 2 aromatic heterocycles. The van der Waals surface area contributed by atoms with Crippen molar-refractivity contribution in [2.45, 2.75) is 25.2 Å². The smallest absolute Gasteiger partial charge is 0.409 e. The van der Waals surface area contributed by atoms with E-state index in [2.05, 4.69) is 20.7 Å². The van der Waals surface area contributed by atoms with Gasteiger partial charge in [-0.15, -0.1) is 0 Å². The predicted octanol–water partition coefficient (Wildman–Crippen LogP) is 2.20. The van der Waals surface area contributed by atoms with Crippen LogP contribution in [-0.4, -0.2) is 55.1 Å². The van der Waals surface area contributed by atoms with Gasteiger partial charge in [-0.1, -0.05) is 36.4 Å². The third-order valence-corrected chi connectivity index (χ3v) is 5.28. The van der Waals surface area contributed by atoms with Crippen molar-refractivity contribution < 1.29 is 28.6 Å². The molecule has 0 spiro atoms. The Hall–Kier alpha value is -4.48. The van der Waals surface area contributed by atoms with Crippen LogP contribution < -0.4 is 10.6 Å². The third-order valence-electron chi connectivity index (χ3n) is 5.28. The second-order valence-corrected chi connectivity index (χ2v) is 7.66. The maximum atomic E-state index is 13.2. The molecular weight excluding hydrogens is 447 g/mol. The van der Waals surface area contributed by atoms with Gasteiger partial charge in [-0.3, -0.25) is 15.0 Å². The molecule has 0 saturated carbocycles. The summed E-state index contributed by atoms with van der Waals surface area (Å²) in [6, 6.07) is 11.6. The SMILES string of the molecule is CC(NC(=O)[C@]1(NC(=O)OCc2ccccc2)CN1C(=O)O)c1ccc(-n2cc(F)cn2)nc1. The summed E-state index contributed by atoms with van der Waals surface area (Å²) in [5.74, 6) is -0.832. The number of carboxylic acid groups (broad SMARTS) is 1. The van der Waals surface area contributed by atoms with Gasteiger partial charge in [-0.05, 0) is 24.1 Å². The van der Waals surface area contributed by atoms with Crippen LogP contribution in [0.25, 0.3) is 5.82 Å². The Bertz CT molecular complexity index is 1200. The first kappa shape index (κ1) is 22.7. The average molecular weight is 468 g/mol. The van der Waals surface area contributed by atoms with Crippen LogP contribution in [0.3, 0.4) is 0 Å². The Balaban J connectivity index is 1.40. The van der Waals surface area contributed by atoms with Crippen molar-refractivity contribution in [1.29, 1.82) is 0 Å². The lowest BCUT2D eigenvalue weighted by atomic mass is 10.1. The number of amides is 3. The second-order valence-electron chi connectivity index (χ2n) is 7.66. The minimum atomic E-state index is -1.77. The molecule has 1 aliphatic rings. The lowest BCUT2D eigenvalue weighted by Gasteiger charge is -2.21. The summed E-state index contributed by atoms with van der Waals surface area (Å²) >= 11 is 0. The monoisotopic (exact) mass is 468 g/mol. The van der Waals surface area contributed by atoms with Crippen molar-refractivity contribution in [3.8, 4) is 5.82 Å². The summed E-state index contributed by atoms with van der Waals surface area (Å²) in [4.78, 5) is 41.7. The van der Waals surface area contributed by atoms with E-state index in [-0.39, 0.29) is 13.2 Å². The summed E-state index contributed by atoms with van der Waals surface area (Å²) < 4.78 is 19.5. The zero-order chi connectivity index (χ0) is 24.3. The van der Waals surface area contributed by atoms with Crippen LogP contribution in [-0.2, 0) is 16.1 Å². The molecule has 11 nitrogen and oxygen atoms in total. The molecule has 1 aliphatic heterocycles. The minimum Gasteiger partial charge on any atom is -0.465 e. The van der Waals surface area contributed by atoms with E-state index in [4.69, 9.17) is 4.74 Å². The number of nitrogens with one attached hydrogen (secondary N) is 2. The predicted molar refractivity (Wildman–Crippen MR) is 115 cm³/mol. The molecule has 4 rings (SSSR count). The average Bonchev–Trinajstić information content (AvgIpc) is 3.41. The van der Waals surface area contributed by atoms with Gasteiger partial charge >= 0.3 is 12.2 Å². The zero-order valence-electron chi connectivity index (χ0n) is 18.0. The number of carbonyl (C=O) groups excluding carboxylic acids is 2. The summed E-state index contributed by atoms with van der Waals surface area (Å²) in [5, 5.41) is 18.2. The van der Waals surface area contributed by atoms with E-state index >= 15 is 0 Å². The fourth-order valence-corrected chi connectivity index (χ4v) is 3.33. The highest BCUT2D eigenvalue weighted by molar-refractivity contribution is 5.97. The van der Waals surface area contributed by atoms with E-state index in [1.54, 1.807) is 43.3 Å². The maximum Gasteiger partial charge on any atom is 0.409 e. The molecular formula is C22H21FN6O5. The van der Waals surface area contributed by atoms with Crippen molar-refractivity contribution in [3.63, 3.8) is 0 Å².